The predicted molar refractivity (Wildman–Crippen MR) is 55.6 cm³/mol. The van der Waals surface area contributed by atoms with Crippen LogP contribution in [0, 0.1) is 11.8 Å². The van der Waals surface area contributed by atoms with Crippen LogP contribution in [0.2, 0.25) is 0 Å². The zero-order valence-corrected chi connectivity index (χ0v) is 8.54. The van der Waals surface area contributed by atoms with Crippen LogP contribution in [0.1, 0.15) is 32.1 Å². The fourth-order valence-electron chi connectivity index (χ4n) is 2.34. The third-order valence-corrected chi connectivity index (χ3v) is 3.40. The van der Waals surface area contributed by atoms with Crippen LogP contribution < -0.4 is 5.73 Å². The highest BCUT2D eigenvalue weighted by Gasteiger charge is 2.26. The van der Waals surface area contributed by atoms with E-state index in [1.165, 1.54) is 51.7 Å². The van der Waals surface area contributed by atoms with Crippen LogP contribution in [0.4, 0.5) is 0 Å². The van der Waals surface area contributed by atoms with Gasteiger partial charge in [0, 0.05) is 13.1 Å². The van der Waals surface area contributed by atoms with Crippen LogP contribution in [0.5, 0.6) is 0 Å². The van der Waals surface area contributed by atoms with Crippen molar-refractivity contribution in [3.63, 3.8) is 0 Å². The zero-order valence-electron chi connectivity index (χ0n) is 8.54. The molecular formula is C11H22N2. The van der Waals surface area contributed by atoms with Crippen molar-refractivity contribution in [3.05, 3.63) is 0 Å². The van der Waals surface area contributed by atoms with Gasteiger partial charge in [-0.2, -0.15) is 0 Å². The molecule has 2 heteroatoms. The molecule has 0 aromatic rings. The molecule has 0 bridgehead atoms. The van der Waals surface area contributed by atoms with Crippen molar-refractivity contribution < 1.29 is 0 Å². The van der Waals surface area contributed by atoms with Gasteiger partial charge < -0.3 is 10.6 Å². The van der Waals surface area contributed by atoms with E-state index in [-0.39, 0.29) is 0 Å². The minimum absolute atomic E-state index is 0.779. The molecule has 1 heterocycles. The summed E-state index contributed by atoms with van der Waals surface area (Å²) in [4.78, 5) is 2.65. The molecule has 1 saturated carbocycles. The average molecular weight is 182 g/mol. The van der Waals surface area contributed by atoms with Gasteiger partial charge in [-0.05, 0) is 50.6 Å². The zero-order chi connectivity index (χ0) is 9.10. The standard InChI is InChI=1S/C11H22N2/c12-7-11-3-1-2-6-13(9-11)8-10-4-5-10/h10-11H,1-9,12H2. The summed E-state index contributed by atoms with van der Waals surface area (Å²) in [6.07, 6.45) is 7.09. The van der Waals surface area contributed by atoms with Gasteiger partial charge in [-0.25, -0.2) is 0 Å². The van der Waals surface area contributed by atoms with E-state index in [0.717, 1.165) is 18.4 Å². The molecule has 1 saturated heterocycles. The molecular weight excluding hydrogens is 160 g/mol. The maximum absolute atomic E-state index is 5.75. The van der Waals surface area contributed by atoms with Crippen molar-refractivity contribution in [2.45, 2.75) is 32.1 Å². The molecule has 2 nitrogen and oxygen atoms in total. The summed E-state index contributed by atoms with van der Waals surface area (Å²) >= 11 is 0. The molecule has 0 aromatic carbocycles. The van der Waals surface area contributed by atoms with E-state index in [1.54, 1.807) is 0 Å². The molecule has 2 rings (SSSR count). The highest BCUT2D eigenvalue weighted by atomic mass is 15.1. The molecule has 13 heavy (non-hydrogen) atoms. The van der Waals surface area contributed by atoms with Crippen LogP contribution in [0.25, 0.3) is 0 Å². The first-order valence-corrected chi connectivity index (χ1v) is 5.81. The molecule has 1 aliphatic heterocycles. The predicted octanol–water partition coefficient (Wildman–Crippen LogP) is 1.46. The molecule has 76 valence electrons. The Hall–Kier alpha value is -0.0800. The Kier molecular flexibility index (Phi) is 3.23. The Balaban J connectivity index is 1.78. The summed E-state index contributed by atoms with van der Waals surface area (Å²) in [5, 5.41) is 0. The molecule has 1 atom stereocenters. The van der Waals surface area contributed by atoms with Crippen LogP contribution in [0.15, 0.2) is 0 Å². The van der Waals surface area contributed by atoms with E-state index >= 15 is 0 Å². The maximum atomic E-state index is 5.75. The summed E-state index contributed by atoms with van der Waals surface area (Å²) in [7, 11) is 0. The van der Waals surface area contributed by atoms with Crippen LogP contribution in [-0.4, -0.2) is 31.1 Å². The van der Waals surface area contributed by atoms with Gasteiger partial charge in [0.05, 0.1) is 0 Å². The molecule has 1 aliphatic carbocycles. The number of nitrogens with zero attached hydrogens (tertiary/aromatic N) is 1. The van der Waals surface area contributed by atoms with E-state index in [9.17, 15) is 0 Å². The van der Waals surface area contributed by atoms with Crippen LogP contribution >= 0.6 is 0 Å². The highest BCUT2D eigenvalue weighted by molar-refractivity contribution is 4.80. The quantitative estimate of drug-likeness (QED) is 0.716. The topological polar surface area (TPSA) is 29.3 Å². The maximum Gasteiger partial charge on any atom is 0.00218 e. The smallest absolute Gasteiger partial charge is 0.00218 e. The lowest BCUT2D eigenvalue weighted by molar-refractivity contribution is 0.242. The average Bonchev–Trinajstić information content (AvgIpc) is 2.93. The molecule has 0 spiro atoms. The lowest BCUT2D eigenvalue weighted by Gasteiger charge is -2.23. The van der Waals surface area contributed by atoms with E-state index in [2.05, 4.69) is 4.90 Å². The van der Waals surface area contributed by atoms with Crippen molar-refractivity contribution >= 4 is 0 Å². The fourth-order valence-corrected chi connectivity index (χ4v) is 2.34. The highest BCUT2D eigenvalue weighted by Crippen LogP contribution is 2.30. The van der Waals surface area contributed by atoms with Gasteiger partial charge >= 0.3 is 0 Å². The Morgan fingerprint density at radius 1 is 1.08 bits per heavy atom. The number of hydrogen-bond donors (Lipinski definition) is 1. The van der Waals surface area contributed by atoms with Gasteiger partial charge in [-0.15, -0.1) is 0 Å². The Bertz CT molecular complexity index is 154. The van der Waals surface area contributed by atoms with Crippen molar-refractivity contribution in [3.8, 4) is 0 Å². The minimum atomic E-state index is 0.779. The monoisotopic (exact) mass is 182 g/mol. The van der Waals surface area contributed by atoms with Gasteiger partial charge in [0.2, 0.25) is 0 Å². The Morgan fingerprint density at radius 3 is 2.62 bits per heavy atom. The summed E-state index contributed by atoms with van der Waals surface area (Å²) < 4.78 is 0. The van der Waals surface area contributed by atoms with Crippen molar-refractivity contribution in [1.29, 1.82) is 0 Å². The number of hydrogen-bond acceptors (Lipinski definition) is 2. The second-order valence-electron chi connectivity index (χ2n) is 4.80. The molecule has 0 amide bonds. The molecule has 1 unspecified atom stereocenters. The number of likely N-dealkylation sites (tertiary alicyclic amines) is 1. The second kappa shape index (κ2) is 4.43. The van der Waals surface area contributed by atoms with Gasteiger partial charge in [0.25, 0.3) is 0 Å². The van der Waals surface area contributed by atoms with E-state index in [0.29, 0.717) is 0 Å². The van der Waals surface area contributed by atoms with Crippen LogP contribution in [-0.2, 0) is 0 Å². The molecule has 2 N–H and O–H groups in total. The normalized spacial score (nSPS) is 31.6. The van der Waals surface area contributed by atoms with Gasteiger partial charge in [-0.1, -0.05) is 6.42 Å². The SMILES string of the molecule is NCC1CCCCN(CC2CC2)C1. The first-order chi connectivity index (χ1) is 6.38. The Labute approximate surface area is 81.5 Å². The first kappa shape index (κ1) is 9.47. The summed E-state index contributed by atoms with van der Waals surface area (Å²) in [6, 6.07) is 0. The number of nitrogens with two attached hydrogens (primary N) is 1. The largest absolute Gasteiger partial charge is 0.330 e. The number of rotatable bonds is 3. The van der Waals surface area contributed by atoms with E-state index < -0.39 is 0 Å². The van der Waals surface area contributed by atoms with Crippen molar-refractivity contribution in [2.75, 3.05) is 26.2 Å². The fraction of sp³-hybridized carbons (Fsp3) is 1.00. The molecule has 0 aromatic heterocycles. The van der Waals surface area contributed by atoms with Gasteiger partial charge in [0.1, 0.15) is 0 Å². The molecule has 0 radical (unpaired) electrons. The summed E-state index contributed by atoms with van der Waals surface area (Å²) in [5.41, 5.74) is 5.75. The van der Waals surface area contributed by atoms with Crippen molar-refractivity contribution in [1.82, 2.24) is 4.90 Å². The van der Waals surface area contributed by atoms with Gasteiger partial charge in [0.15, 0.2) is 0 Å². The molecule has 2 aliphatic rings. The van der Waals surface area contributed by atoms with E-state index in [1.807, 2.05) is 0 Å². The van der Waals surface area contributed by atoms with Gasteiger partial charge in [-0.3, -0.25) is 0 Å². The third kappa shape index (κ3) is 2.96. The first-order valence-electron chi connectivity index (χ1n) is 5.81. The lowest BCUT2D eigenvalue weighted by atomic mass is 10.0. The second-order valence-corrected chi connectivity index (χ2v) is 4.80. The summed E-state index contributed by atoms with van der Waals surface area (Å²) in [6.45, 7) is 4.84. The lowest BCUT2D eigenvalue weighted by Crippen LogP contribution is -2.33. The van der Waals surface area contributed by atoms with Crippen LogP contribution in [0.3, 0.4) is 0 Å². The minimum Gasteiger partial charge on any atom is -0.330 e. The van der Waals surface area contributed by atoms with Crippen molar-refractivity contribution in [2.24, 2.45) is 17.6 Å². The summed E-state index contributed by atoms with van der Waals surface area (Å²) in [5.74, 6) is 1.82. The molecule has 2 fully saturated rings. The van der Waals surface area contributed by atoms with E-state index in [4.69, 9.17) is 5.73 Å². The third-order valence-electron chi connectivity index (χ3n) is 3.40. The Morgan fingerprint density at radius 2 is 1.92 bits per heavy atom.